The van der Waals surface area contributed by atoms with Crippen molar-refractivity contribution in [3.63, 3.8) is 0 Å². The van der Waals surface area contributed by atoms with E-state index in [2.05, 4.69) is 10.1 Å². The molecule has 0 aliphatic carbocycles. The molecule has 2 aromatic heterocycles. The van der Waals surface area contributed by atoms with Gasteiger partial charge >= 0.3 is 5.97 Å². The van der Waals surface area contributed by atoms with Crippen molar-refractivity contribution >= 4 is 22.7 Å². The molecular formula is C21H16F2N4O3. The van der Waals surface area contributed by atoms with Gasteiger partial charge in [0.1, 0.15) is 17.4 Å². The second kappa shape index (κ2) is 7.43. The Hall–Kier alpha value is -4.01. The average Bonchev–Trinajstić information content (AvgIpc) is 3.28. The number of fused-ring (bicyclic) bond motifs is 1. The smallest absolute Gasteiger partial charge is 0.335 e. The van der Waals surface area contributed by atoms with Crippen LogP contribution in [0.15, 0.2) is 54.9 Å². The lowest BCUT2D eigenvalue weighted by atomic mass is 10.0. The van der Waals surface area contributed by atoms with Gasteiger partial charge in [-0.3, -0.25) is 0 Å². The Kier molecular flexibility index (Phi) is 3.69. The predicted octanol–water partition coefficient (Wildman–Crippen LogP) is 4.12. The van der Waals surface area contributed by atoms with Crippen molar-refractivity contribution in [3.05, 3.63) is 77.6 Å². The number of nitrogens with two attached hydrogens (primary N) is 1. The zero-order valence-corrected chi connectivity index (χ0v) is 15.1. The van der Waals surface area contributed by atoms with Gasteiger partial charge in [-0.2, -0.15) is 5.10 Å². The minimum absolute atomic E-state index is 0.0607. The van der Waals surface area contributed by atoms with Crippen LogP contribution in [0.1, 0.15) is 34.3 Å². The third kappa shape index (κ3) is 3.52. The first-order valence-corrected chi connectivity index (χ1v) is 8.53. The summed E-state index contributed by atoms with van der Waals surface area (Å²) in [6.45, 7) is -3.19. The van der Waals surface area contributed by atoms with Crippen LogP contribution in [-0.2, 0) is 0 Å². The molecule has 0 fully saturated rings. The van der Waals surface area contributed by atoms with E-state index in [9.17, 15) is 18.7 Å². The van der Waals surface area contributed by atoms with Crippen molar-refractivity contribution in [1.29, 1.82) is 0 Å². The molecule has 3 N–H and O–H groups in total. The third-order valence-electron chi connectivity index (χ3n) is 4.28. The Labute approximate surface area is 175 Å². The van der Waals surface area contributed by atoms with E-state index >= 15 is 0 Å². The molecule has 1 unspecified atom stereocenters. The molecule has 0 aliphatic heterocycles. The number of nitrogens with zero attached hydrogens (tertiary/aromatic N) is 3. The Morgan fingerprint density at radius 2 is 2.17 bits per heavy atom. The summed E-state index contributed by atoms with van der Waals surface area (Å²) in [7, 11) is 0. The highest BCUT2D eigenvalue weighted by Gasteiger charge is 2.19. The maximum absolute atomic E-state index is 14.1. The Bertz CT molecular complexity index is 1410. The lowest BCUT2D eigenvalue weighted by molar-refractivity contribution is 0.0696. The summed E-state index contributed by atoms with van der Waals surface area (Å²) in [4.78, 5) is 15.4. The van der Waals surface area contributed by atoms with Crippen molar-refractivity contribution in [3.8, 4) is 11.4 Å². The maximum atomic E-state index is 14.1. The molecule has 0 saturated heterocycles. The van der Waals surface area contributed by atoms with E-state index in [0.29, 0.717) is 6.07 Å². The summed E-state index contributed by atoms with van der Waals surface area (Å²) in [6, 6.07) is 7.66. The van der Waals surface area contributed by atoms with Gasteiger partial charge in [-0.25, -0.2) is 23.2 Å². The number of carbonyl (C=O) groups is 1. The molecule has 2 aromatic carbocycles. The summed E-state index contributed by atoms with van der Waals surface area (Å²) < 4.78 is 67.6. The molecular weight excluding hydrogens is 394 g/mol. The number of rotatable bonds is 5. The standard InChI is InChI=1S/C21H16F2N4O3/c1-11(15-8-12(21(28)29)3-4-17(15)27-6-2-5-25-27)30-18-9-13-7-14(22)10-16(23)19(13)26-20(18)24/h2-11H,1H3,(H2,24,26)(H,28,29)/i1D3,11D. The second-order valence-corrected chi connectivity index (χ2v) is 6.25. The van der Waals surface area contributed by atoms with Crippen LogP contribution in [0.4, 0.5) is 14.6 Å². The lowest BCUT2D eigenvalue weighted by Gasteiger charge is -2.20. The zero-order chi connectivity index (χ0) is 24.8. The molecule has 2 heterocycles. The first-order chi connectivity index (χ1) is 15.9. The molecule has 0 radical (unpaired) electrons. The van der Waals surface area contributed by atoms with Gasteiger partial charge in [-0.05, 0) is 43.3 Å². The number of hydrogen-bond acceptors (Lipinski definition) is 5. The highest BCUT2D eigenvalue weighted by molar-refractivity contribution is 5.88. The largest absolute Gasteiger partial charge is 0.482 e. The quantitative estimate of drug-likeness (QED) is 0.509. The summed E-state index contributed by atoms with van der Waals surface area (Å²) in [5.41, 5.74) is 4.98. The monoisotopic (exact) mass is 414 g/mol. The fourth-order valence-electron chi connectivity index (χ4n) is 2.91. The summed E-state index contributed by atoms with van der Waals surface area (Å²) in [5.74, 6) is -4.15. The first kappa shape index (κ1) is 14.9. The average molecular weight is 414 g/mol. The van der Waals surface area contributed by atoms with E-state index in [1.165, 1.54) is 29.2 Å². The van der Waals surface area contributed by atoms with E-state index in [-0.39, 0.29) is 27.7 Å². The van der Waals surface area contributed by atoms with Gasteiger partial charge in [0.15, 0.2) is 17.4 Å². The van der Waals surface area contributed by atoms with Crippen LogP contribution in [0.25, 0.3) is 16.6 Å². The molecule has 0 saturated carbocycles. The topological polar surface area (TPSA) is 103 Å². The number of carboxylic acid groups (broad SMARTS) is 1. The second-order valence-electron chi connectivity index (χ2n) is 6.25. The molecule has 4 aromatic rings. The number of aromatic carboxylic acids is 1. The predicted molar refractivity (Wildman–Crippen MR) is 106 cm³/mol. The van der Waals surface area contributed by atoms with E-state index in [1.807, 2.05) is 0 Å². The van der Waals surface area contributed by atoms with Crippen molar-refractivity contribution in [1.82, 2.24) is 14.8 Å². The van der Waals surface area contributed by atoms with Crippen LogP contribution in [0, 0.1) is 11.6 Å². The highest BCUT2D eigenvalue weighted by atomic mass is 19.1. The molecule has 1 atom stereocenters. The van der Waals surface area contributed by atoms with E-state index < -0.39 is 42.1 Å². The molecule has 9 heteroatoms. The SMILES string of the molecule is [2H]C([2H])([2H])C([2H])(Oc1cc2cc(F)cc(F)c2nc1N)c1cc(C(=O)O)ccc1-n1cccn1. The molecule has 0 spiro atoms. The van der Waals surface area contributed by atoms with Crippen LogP contribution in [0.2, 0.25) is 0 Å². The normalized spacial score (nSPS) is 15.5. The number of ether oxygens (including phenoxy) is 1. The Balaban J connectivity index is 1.95. The number of halogens is 2. The molecule has 7 nitrogen and oxygen atoms in total. The number of pyridine rings is 1. The first-order valence-electron chi connectivity index (χ1n) is 10.5. The minimum atomic E-state index is -3.19. The van der Waals surface area contributed by atoms with Crippen LogP contribution >= 0.6 is 0 Å². The van der Waals surface area contributed by atoms with Gasteiger partial charge in [0.25, 0.3) is 0 Å². The molecule has 0 aliphatic rings. The molecule has 152 valence electrons. The molecule has 30 heavy (non-hydrogen) atoms. The van der Waals surface area contributed by atoms with Crippen molar-refractivity contribution in [2.24, 2.45) is 0 Å². The van der Waals surface area contributed by atoms with Crippen molar-refractivity contribution in [2.45, 2.75) is 12.9 Å². The van der Waals surface area contributed by atoms with Gasteiger partial charge < -0.3 is 15.6 Å². The zero-order valence-electron chi connectivity index (χ0n) is 19.1. The maximum Gasteiger partial charge on any atom is 0.335 e. The Morgan fingerprint density at radius 1 is 1.33 bits per heavy atom. The fourth-order valence-corrected chi connectivity index (χ4v) is 2.91. The van der Waals surface area contributed by atoms with Gasteiger partial charge in [-0.1, -0.05) is 0 Å². The van der Waals surface area contributed by atoms with Crippen molar-refractivity contribution in [2.75, 3.05) is 5.73 Å². The van der Waals surface area contributed by atoms with E-state index in [1.54, 1.807) is 6.07 Å². The van der Waals surface area contributed by atoms with E-state index in [0.717, 1.165) is 18.2 Å². The van der Waals surface area contributed by atoms with Gasteiger partial charge in [-0.15, -0.1) is 0 Å². The summed E-state index contributed by atoms with van der Waals surface area (Å²) >= 11 is 0. The van der Waals surface area contributed by atoms with Crippen molar-refractivity contribution < 1.29 is 28.9 Å². The van der Waals surface area contributed by atoms with Crippen LogP contribution in [0.5, 0.6) is 5.75 Å². The van der Waals surface area contributed by atoms with Crippen LogP contribution in [-0.4, -0.2) is 25.8 Å². The Morgan fingerprint density at radius 3 is 2.87 bits per heavy atom. The molecule has 0 amide bonds. The number of aromatic nitrogens is 3. The van der Waals surface area contributed by atoms with E-state index in [4.69, 9.17) is 16.0 Å². The summed E-state index contributed by atoms with van der Waals surface area (Å²) in [6.07, 6.45) is -0.0448. The number of benzene rings is 2. The number of anilines is 1. The van der Waals surface area contributed by atoms with Gasteiger partial charge in [0.2, 0.25) is 0 Å². The van der Waals surface area contributed by atoms with Gasteiger partial charge in [0, 0.05) is 33.5 Å². The molecule has 4 rings (SSSR count). The van der Waals surface area contributed by atoms with Crippen LogP contribution in [0.3, 0.4) is 0 Å². The summed E-state index contributed by atoms with van der Waals surface area (Å²) in [5, 5.41) is 13.4. The molecule has 0 bridgehead atoms. The highest BCUT2D eigenvalue weighted by Crippen LogP contribution is 2.33. The number of hydrogen-bond donors (Lipinski definition) is 2. The lowest BCUT2D eigenvalue weighted by Crippen LogP contribution is -2.12. The number of nitrogen functional groups attached to an aromatic ring is 1. The number of carboxylic acids is 1. The minimum Gasteiger partial charge on any atom is -0.482 e. The fraction of sp³-hybridized carbons (Fsp3) is 0.0952. The third-order valence-corrected chi connectivity index (χ3v) is 4.28. The van der Waals surface area contributed by atoms with Gasteiger partial charge in [0.05, 0.1) is 12.6 Å². The van der Waals surface area contributed by atoms with Crippen LogP contribution < -0.4 is 10.5 Å².